The number of halogens is 3. The number of anilines is 3. The van der Waals surface area contributed by atoms with Gasteiger partial charge < -0.3 is 20.2 Å². The Morgan fingerprint density at radius 2 is 1.69 bits per heavy atom. The van der Waals surface area contributed by atoms with Crippen molar-refractivity contribution in [2.24, 2.45) is 0 Å². The number of aromatic amines is 1. The summed E-state index contributed by atoms with van der Waals surface area (Å²) in [5, 5.41) is 7.56. The minimum atomic E-state index is -4.40. The molecule has 0 saturated carbocycles. The molecule has 0 radical (unpaired) electrons. The van der Waals surface area contributed by atoms with Crippen LogP contribution in [-0.2, 0) is 19.3 Å². The highest BCUT2D eigenvalue weighted by Crippen LogP contribution is 2.30. The molecule has 208 valence electrons. The number of nitrogens with one attached hydrogen (secondary N) is 3. The molecule has 0 amide bonds. The van der Waals surface area contributed by atoms with Crippen LogP contribution in [0, 0.1) is 0 Å². The van der Waals surface area contributed by atoms with Crippen LogP contribution >= 0.6 is 0 Å². The van der Waals surface area contributed by atoms with E-state index in [-0.39, 0.29) is 6.54 Å². The number of hydrogen-bond donors (Lipinski definition) is 3. The first-order valence-electron chi connectivity index (χ1n) is 13.1. The second-order valence-electron chi connectivity index (χ2n) is 9.73. The summed E-state index contributed by atoms with van der Waals surface area (Å²) in [4.78, 5) is 26.3. The maximum absolute atomic E-state index is 13.1. The van der Waals surface area contributed by atoms with E-state index in [9.17, 15) is 13.2 Å². The van der Waals surface area contributed by atoms with Crippen LogP contribution in [0.4, 0.5) is 30.6 Å². The predicted molar refractivity (Wildman–Crippen MR) is 154 cm³/mol. The molecule has 42 heavy (non-hydrogen) atoms. The average molecular weight is 566 g/mol. The molecule has 12 heteroatoms. The van der Waals surface area contributed by atoms with Gasteiger partial charge in [-0.25, -0.2) is 9.97 Å². The topological polar surface area (TPSA) is 109 Å². The number of H-pyrrole nitrogens is 1. The number of rotatable bonds is 7. The van der Waals surface area contributed by atoms with Crippen molar-refractivity contribution in [3.05, 3.63) is 108 Å². The zero-order chi connectivity index (χ0) is 28.7. The Morgan fingerprint density at radius 3 is 2.52 bits per heavy atom. The molecule has 0 fully saturated rings. The Bertz CT molecular complexity index is 2010. The molecule has 0 saturated heterocycles. The molecule has 7 aromatic rings. The van der Waals surface area contributed by atoms with Crippen LogP contribution in [0.5, 0.6) is 0 Å². The van der Waals surface area contributed by atoms with Gasteiger partial charge in [-0.05, 0) is 54.1 Å². The highest BCUT2D eigenvalue weighted by atomic mass is 19.4. The van der Waals surface area contributed by atoms with Gasteiger partial charge in [0, 0.05) is 17.3 Å². The fraction of sp³-hybridized carbons (Fsp3) is 0.100. The van der Waals surface area contributed by atoms with Crippen molar-refractivity contribution in [2.45, 2.75) is 19.3 Å². The molecule has 0 unspecified atom stereocenters. The van der Waals surface area contributed by atoms with Gasteiger partial charge in [-0.1, -0.05) is 30.3 Å². The number of hydrogen-bond acceptors (Lipinski definition) is 7. The molecule has 3 aromatic carbocycles. The van der Waals surface area contributed by atoms with Crippen molar-refractivity contribution < 1.29 is 13.2 Å². The Labute approximate surface area is 236 Å². The first-order valence-corrected chi connectivity index (χ1v) is 13.1. The number of para-hydroxylation sites is 2. The quantitative estimate of drug-likeness (QED) is 0.198. The zero-order valence-electron chi connectivity index (χ0n) is 21.9. The second kappa shape index (κ2) is 10.1. The van der Waals surface area contributed by atoms with Crippen molar-refractivity contribution in [3.63, 3.8) is 0 Å². The van der Waals surface area contributed by atoms with Crippen molar-refractivity contribution in [1.29, 1.82) is 0 Å². The van der Waals surface area contributed by atoms with Crippen LogP contribution in [-0.4, -0.2) is 34.5 Å². The molecule has 7 rings (SSSR count). The van der Waals surface area contributed by atoms with Crippen LogP contribution in [0.25, 0.3) is 33.1 Å². The van der Waals surface area contributed by atoms with Crippen LogP contribution < -0.4 is 10.6 Å². The monoisotopic (exact) mass is 565 g/mol. The number of alkyl halides is 3. The molecule has 0 spiro atoms. The van der Waals surface area contributed by atoms with E-state index < -0.39 is 11.7 Å². The minimum absolute atomic E-state index is 0.274. The van der Waals surface area contributed by atoms with E-state index >= 15 is 0 Å². The molecule has 0 aliphatic heterocycles. The van der Waals surface area contributed by atoms with Gasteiger partial charge in [0.15, 0.2) is 17.0 Å². The number of imidazole rings is 2. The number of benzene rings is 3. The van der Waals surface area contributed by atoms with E-state index in [0.29, 0.717) is 35.0 Å². The Kier molecular flexibility index (Phi) is 6.15. The number of pyridine rings is 1. The SMILES string of the molecule is FC(F)(F)c1ccc(Cn2cnc3c(NCc4nc5ccccc5[nH]4)nc(Nc4ccc5ncccc5c4)nc32)cc1. The van der Waals surface area contributed by atoms with Gasteiger partial charge >= 0.3 is 6.18 Å². The van der Waals surface area contributed by atoms with Gasteiger partial charge in [-0.2, -0.15) is 23.1 Å². The minimum Gasteiger partial charge on any atom is -0.361 e. The predicted octanol–water partition coefficient (Wildman–Crippen LogP) is 6.67. The molecular weight excluding hydrogens is 543 g/mol. The summed E-state index contributed by atoms with van der Waals surface area (Å²) in [5.74, 6) is 1.53. The lowest BCUT2D eigenvalue weighted by Crippen LogP contribution is -2.08. The van der Waals surface area contributed by atoms with Crippen LogP contribution in [0.15, 0.2) is 91.4 Å². The van der Waals surface area contributed by atoms with Gasteiger partial charge in [-0.15, -0.1) is 0 Å². The normalized spacial score (nSPS) is 11.9. The fourth-order valence-corrected chi connectivity index (χ4v) is 4.77. The van der Waals surface area contributed by atoms with Crippen LogP contribution in [0.1, 0.15) is 17.0 Å². The zero-order valence-corrected chi connectivity index (χ0v) is 21.9. The molecule has 9 nitrogen and oxygen atoms in total. The van der Waals surface area contributed by atoms with Gasteiger partial charge in [0.1, 0.15) is 5.82 Å². The Balaban J connectivity index is 1.23. The van der Waals surface area contributed by atoms with Gasteiger partial charge in [-0.3, -0.25) is 4.98 Å². The van der Waals surface area contributed by atoms with Crippen LogP contribution in [0.2, 0.25) is 0 Å². The van der Waals surface area contributed by atoms with Gasteiger partial charge in [0.2, 0.25) is 5.95 Å². The van der Waals surface area contributed by atoms with E-state index in [1.165, 1.54) is 12.1 Å². The summed E-state index contributed by atoms with van der Waals surface area (Å²) < 4.78 is 41.0. The molecule has 4 heterocycles. The summed E-state index contributed by atoms with van der Waals surface area (Å²) in [5.41, 5.74) is 4.43. The average Bonchev–Trinajstić information content (AvgIpc) is 3.59. The first-order chi connectivity index (χ1) is 20.4. The lowest BCUT2D eigenvalue weighted by molar-refractivity contribution is -0.137. The molecule has 0 atom stereocenters. The largest absolute Gasteiger partial charge is 0.416 e. The maximum atomic E-state index is 13.1. The van der Waals surface area contributed by atoms with Gasteiger partial charge in [0.25, 0.3) is 0 Å². The smallest absolute Gasteiger partial charge is 0.361 e. The number of aromatic nitrogens is 7. The maximum Gasteiger partial charge on any atom is 0.416 e. The van der Waals surface area contributed by atoms with E-state index in [2.05, 4.69) is 30.6 Å². The summed E-state index contributed by atoms with van der Waals surface area (Å²) in [6.07, 6.45) is -1.05. The summed E-state index contributed by atoms with van der Waals surface area (Å²) in [6, 6.07) is 22.4. The number of nitrogens with zero attached hydrogens (tertiary/aromatic N) is 6. The molecular formula is C30H22F3N9. The van der Waals surface area contributed by atoms with Crippen LogP contribution in [0.3, 0.4) is 0 Å². The Morgan fingerprint density at radius 1 is 0.833 bits per heavy atom. The Hall–Kier alpha value is -5.52. The van der Waals surface area contributed by atoms with Crippen molar-refractivity contribution in [2.75, 3.05) is 10.6 Å². The van der Waals surface area contributed by atoms with Gasteiger partial charge in [0.05, 0.1) is 41.5 Å². The van der Waals surface area contributed by atoms with Crippen molar-refractivity contribution in [3.8, 4) is 0 Å². The lowest BCUT2D eigenvalue weighted by Gasteiger charge is -2.11. The highest BCUT2D eigenvalue weighted by molar-refractivity contribution is 5.86. The molecule has 0 bridgehead atoms. The van der Waals surface area contributed by atoms with E-state index in [1.807, 2.05) is 54.6 Å². The third-order valence-electron chi connectivity index (χ3n) is 6.82. The first kappa shape index (κ1) is 25.4. The summed E-state index contributed by atoms with van der Waals surface area (Å²) in [6.45, 7) is 0.628. The standard InChI is InChI=1S/C30H22F3N9/c31-30(32,33)20-9-7-18(8-10-20)16-42-17-36-26-27(35-15-25-38-23-5-1-2-6-24(23)39-25)40-29(41-28(26)42)37-21-11-12-22-19(14-21)4-3-13-34-22/h1-14,17H,15-16H2,(H,38,39)(H2,35,37,40,41). The molecule has 3 N–H and O–H groups in total. The van der Waals surface area contributed by atoms with E-state index in [1.54, 1.807) is 17.1 Å². The lowest BCUT2D eigenvalue weighted by atomic mass is 10.1. The second-order valence-corrected chi connectivity index (χ2v) is 9.73. The van der Waals surface area contributed by atoms with Crippen molar-refractivity contribution >= 4 is 50.6 Å². The molecule has 0 aliphatic rings. The molecule has 0 aliphatic carbocycles. The van der Waals surface area contributed by atoms with Crippen molar-refractivity contribution in [1.82, 2.24) is 34.5 Å². The van der Waals surface area contributed by atoms with E-state index in [0.717, 1.165) is 45.6 Å². The number of fused-ring (bicyclic) bond motifs is 3. The molecule has 4 aromatic heterocycles. The van der Waals surface area contributed by atoms with E-state index in [4.69, 9.17) is 9.97 Å². The summed E-state index contributed by atoms with van der Waals surface area (Å²) >= 11 is 0. The highest BCUT2D eigenvalue weighted by Gasteiger charge is 2.30. The fourth-order valence-electron chi connectivity index (χ4n) is 4.77. The third-order valence-corrected chi connectivity index (χ3v) is 6.82. The summed E-state index contributed by atoms with van der Waals surface area (Å²) in [7, 11) is 0. The third kappa shape index (κ3) is 5.05.